The molecule has 0 aliphatic rings. The van der Waals surface area contributed by atoms with E-state index in [0.29, 0.717) is 21.5 Å². The summed E-state index contributed by atoms with van der Waals surface area (Å²) in [5.74, 6) is 0.823. The number of nitrogens with one attached hydrogen (secondary N) is 1. The molecule has 0 saturated carbocycles. The first-order valence-electron chi connectivity index (χ1n) is 4.82. The number of likely N-dealkylation sites (N-methyl/N-ethyl adjacent to an activating group) is 1. The molecule has 0 saturated heterocycles. The molecule has 0 radical (unpaired) electrons. The Kier molecular flexibility index (Phi) is 5.08. The summed E-state index contributed by atoms with van der Waals surface area (Å²) >= 11 is 9.40. The highest BCUT2D eigenvalue weighted by Gasteiger charge is 2.21. The maximum atomic E-state index is 11.5. The maximum Gasteiger partial charge on any atom is 0.242 e. The van der Waals surface area contributed by atoms with E-state index in [1.54, 1.807) is 19.2 Å². The van der Waals surface area contributed by atoms with Crippen molar-refractivity contribution in [1.29, 1.82) is 0 Å². The Balaban J connectivity index is 3.21. The molecule has 1 unspecified atom stereocenters. The first-order valence-corrected chi connectivity index (χ1v) is 6.05. The quantitative estimate of drug-likeness (QED) is 0.866. The number of ether oxygens (including phenoxy) is 2. The van der Waals surface area contributed by atoms with E-state index in [4.69, 9.17) is 21.1 Å². The molecular weight excluding hydrogens is 309 g/mol. The number of hydrogen-bond donors (Lipinski definition) is 1. The monoisotopic (exact) mass is 321 g/mol. The zero-order valence-electron chi connectivity index (χ0n) is 9.71. The second-order valence-electron chi connectivity index (χ2n) is 3.21. The van der Waals surface area contributed by atoms with Crippen LogP contribution in [0.1, 0.15) is 10.9 Å². The molecule has 94 valence electrons. The van der Waals surface area contributed by atoms with Gasteiger partial charge in [-0.25, -0.2) is 0 Å². The third-order valence-electron chi connectivity index (χ3n) is 2.25. The summed E-state index contributed by atoms with van der Waals surface area (Å²) in [6.45, 7) is 0. The van der Waals surface area contributed by atoms with Gasteiger partial charge in [-0.3, -0.25) is 4.79 Å². The number of carbonyl (C=O) groups excluding carboxylic acids is 1. The van der Waals surface area contributed by atoms with E-state index in [1.165, 1.54) is 14.2 Å². The summed E-state index contributed by atoms with van der Waals surface area (Å²) in [5.41, 5.74) is 0.628. The lowest BCUT2D eigenvalue weighted by atomic mass is 10.1. The number of benzene rings is 1. The fourth-order valence-electron chi connectivity index (χ4n) is 1.33. The van der Waals surface area contributed by atoms with Gasteiger partial charge in [0.15, 0.2) is 11.5 Å². The van der Waals surface area contributed by atoms with Crippen LogP contribution < -0.4 is 14.8 Å². The number of halogens is 2. The van der Waals surface area contributed by atoms with Gasteiger partial charge in [-0.15, -0.1) is 11.6 Å². The molecular formula is C11H13BrClNO3. The van der Waals surface area contributed by atoms with Crippen molar-refractivity contribution < 1.29 is 14.3 Å². The molecule has 4 nitrogen and oxygen atoms in total. The van der Waals surface area contributed by atoms with Crippen LogP contribution in [0.25, 0.3) is 0 Å². The average Bonchev–Trinajstić information content (AvgIpc) is 2.36. The molecule has 6 heteroatoms. The molecule has 1 aromatic carbocycles. The number of amides is 1. The van der Waals surface area contributed by atoms with Gasteiger partial charge < -0.3 is 14.8 Å². The van der Waals surface area contributed by atoms with E-state index in [1.807, 2.05) is 0 Å². The van der Waals surface area contributed by atoms with Gasteiger partial charge >= 0.3 is 0 Å². The number of carbonyl (C=O) groups is 1. The van der Waals surface area contributed by atoms with Crippen LogP contribution in [0.3, 0.4) is 0 Å². The molecule has 1 rings (SSSR count). The fraction of sp³-hybridized carbons (Fsp3) is 0.364. The van der Waals surface area contributed by atoms with Crippen molar-refractivity contribution in [3.8, 4) is 11.5 Å². The second kappa shape index (κ2) is 6.12. The summed E-state index contributed by atoms with van der Waals surface area (Å²) in [7, 11) is 4.60. The maximum absolute atomic E-state index is 11.5. The van der Waals surface area contributed by atoms with Gasteiger partial charge in [-0.05, 0) is 17.7 Å². The van der Waals surface area contributed by atoms with Crippen LogP contribution in [-0.2, 0) is 4.79 Å². The number of alkyl halides is 1. The lowest BCUT2D eigenvalue weighted by Gasteiger charge is -2.14. The van der Waals surface area contributed by atoms with Crippen molar-refractivity contribution >= 4 is 33.4 Å². The molecule has 0 fully saturated rings. The molecule has 17 heavy (non-hydrogen) atoms. The minimum atomic E-state index is -0.783. The van der Waals surface area contributed by atoms with Gasteiger partial charge in [0.1, 0.15) is 5.38 Å². The molecule has 1 aromatic rings. The number of methoxy groups -OCH3 is 2. The number of hydrogen-bond acceptors (Lipinski definition) is 3. The Hall–Kier alpha value is -0.940. The average molecular weight is 323 g/mol. The Morgan fingerprint density at radius 3 is 2.35 bits per heavy atom. The molecule has 1 amide bonds. The van der Waals surface area contributed by atoms with Crippen LogP contribution in [0.4, 0.5) is 0 Å². The highest BCUT2D eigenvalue weighted by molar-refractivity contribution is 9.10. The molecule has 0 aliphatic heterocycles. The van der Waals surface area contributed by atoms with E-state index in [2.05, 4.69) is 21.2 Å². The summed E-state index contributed by atoms with van der Waals surface area (Å²) in [4.78, 5) is 11.5. The van der Waals surface area contributed by atoms with Gasteiger partial charge in [-0.2, -0.15) is 0 Å². The Morgan fingerprint density at radius 1 is 1.35 bits per heavy atom. The van der Waals surface area contributed by atoms with Crippen LogP contribution in [0.15, 0.2) is 16.6 Å². The van der Waals surface area contributed by atoms with Gasteiger partial charge in [0.2, 0.25) is 5.91 Å². The molecule has 0 aliphatic carbocycles. The number of rotatable bonds is 4. The van der Waals surface area contributed by atoms with E-state index in [-0.39, 0.29) is 5.91 Å². The molecule has 0 spiro atoms. The van der Waals surface area contributed by atoms with Crippen molar-refractivity contribution in [3.05, 3.63) is 22.2 Å². The van der Waals surface area contributed by atoms with Crippen molar-refractivity contribution in [2.45, 2.75) is 5.38 Å². The predicted octanol–water partition coefficient (Wildman–Crippen LogP) is 2.49. The highest BCUT2D eigenvalue weighted by atomic mass is 79.9. The topological polar surface area (TPSA) is 47.6 Å². The van der Waals surface area contributed by atoms with Crippen molar-refractivity contribution in [2.75, 3.05) is 21.3 Å². The van der Waals surface area contributed by atoms with Crippen molar-refractivity contribution in [2.24, 2.45) is 0 Å². The zero-order valence-corrected chi connectivity index (χ0v) is 12.1. The van der Waals surface area contributed by atoms with Crippen LogP contribution in [0.5, 0.6) is 11.5 Å². The van der Waals surface area contributed by atoms with Gasteiger partial charge in [0.05, 0.1) is 14.2 Å². The fourth-order valence-corrected chi connectivity index (χ4v) is 2.30. The van der Waals surface area contributed by atoms with Gasteiger partial charge in [0, 0.05) is 11.5 Å². The van der Waals surface area contributed by atoms with Crippen molar-refractivity contribution in [3.63, 3.8) is 0 Å². The van der Waals surface area contributed by atoms with Gasteiger partial charge in [-0.1, -0.05) is 15.9 Å². The summed E-state index contributed by atoms with van der Waals surface area (Å²) in [6, 6.07) is 3.39. The minimum Gasteiger partial charge on any atom is -0.493 e. The van der Waals surface area contributed by atoms with Crippen LogP contribution >= 0.6 is 27.5 Å². The molecule has 0 bridgehead atoms. The SMILES string of the molecule is CNC(=O)C(Cl)c1cc(OC)c(OC)cc1Br. The van der Waals surface area contributed by atoms with Crippen molar-refractivity contribution in [1.82, 2.24) is 5.32 Å². The zero-order chi connectivity index (χ0) is 13.0. The van der Waals surface area contributed by atoms with Crippen LogP contribution in [0.2, 0.25) is 0 Å². The standard InChI is InChI=1S/C11H13BrClNO3/c1-14-11(15)10(13)6-4-8(16-2)9(17-3)5-7(6)12/h4-5,10H,1-3H3,(H,14,15). The molecule has 1 N–H and O–H groups in total. The minimum absolute atomic E-state index is 0.278. The van der Waals surface area contributed by atoms with E-state index >= 15 is 0 Å². The highest BCUT2D eigenvalue weighted by Crippen LogP contribution is 2.37. The summed E-state index contributed by atoms with van der Waals surface area (Å²) in [6.07, 6.45) is 0. The third kappa shape index (κ3) is 3.04. The first-order chi connectivity index (χ1) is 8.04. The lowest BCUT2D eigenvalue weighted by molar-refractivity contribution is -0.120. The lowest BCUT2D eigenvalue weighted by Crippen LogP contribution is -2.22. The normalized spacial score (nSPS) is 11.8. The third-order valence-corrected chi connectivity index (χ3v) is 3.37. The summed E-state index contributed by atoms with van der Waals surface area (Å²) < 4.78 is 11.0. The predicted molar refractivity (Wildman–Crippen MR) is 69.9 cm³/mol. The second-order valence-corrected chi connectivity index (χ2v) is 4.50. The van der Waals surface area contributed by atoms with Crippen LogP contribution in [0, 0.1) is 0 Å². The van der Waals surface area contributed by atoms with Crippen LogP contribution in [-0.4, -0.2) is 27.2 Å². The van der Waals surface area contributed by atoms with E-state index in [9.17, 15) is 4.79 Å². The summed E-state index contributed by atoms with van der Waals surface area (Å²) in [5, 5.41) is 1.71. The Bertz CT molecular complexity index is 425. The van der Waals surface area contributed by atoms with E-state index < -0.39 is 5.38 Å². The van der Waals surface area contributed by atoms with Gasteiger partial charge in [0.25, 0.3) is 0 Å². The largest absolute Gasteiger partial charge is 0.493 e. The Morgan fingerprint density at radius 2 is 1.88 bits per heavy atom. The molecule has 0 aromatic heterocycles. The first kappa shape index (κ1) is 14.1. The molecule has 1 atom stereocenters. The smallest absolute Gasteiger partial charge is 0.242 e. The molecule has 0 heterocycles. The Labute approximate surface area is 113 Å². The van der Waals surface area contributed by atoms with E-state index in [0.717, 1.165) is 0 Å².